The number of hydrogen-bond donors (Lipinski definition) is 2. The maximum absolute atomic E-state index is 13.1. The van der Waals surface area contributed by atoms with Crippen molar-refractivity contribution in [3.8, 4) is 0 Å². The van der Waals surface area contributed by atoms with E-state index in [0.717, 1.165) is 17.7 Å². The van der Waals surface area contributed by atoms with E-state index in [4.69, 9.17) is 0 Å². The Kier molecular flexibility index (Phi) is 6.65. The molecule has 0 saturated carbocycles. The zero-order valence-electron chi connectivity index (χ0n) is 14.4. The number of likely N-dealkylation sites (N-methyl/N-ethyl adjacent to an activating group) is 1. The van der Waals surface area contributed by atoms with E-state index in [1.807, 2.05) is 31.2 Å². The lowest BCUT2D eigenvalue weighted by molar-refractivity contribution is -0.119. The van der Waals surface area contributed by atoms with Crippen LogP contribution in [0.3, 0.4) is 0 Å². The highest BCUT2D eigenvalue weighted by molar-refractivity contribution is 5.94. The second-order valence-corrected chi connectivity index (χ2v) is 5.83. The summed E-state index contributed by atoms with van der Waals surface area (Å²) in [5, 5.41) is 5.42. The van der Waals surface area contributed by atoms with Crippen molar-refractivity contribution in [3.63, 3.8) is 0 Å². The lowest BCUT2D eigenvalue weighted by atomic mass is 10.1. The summed E-state index contributed by atoms with van der Waals surface area (Å²) in [4.78, 5) is 25.6. The number of benzene rings is 2. The van der Waals surface area contributed by atoms with E-state index >= 15 is 0 Å². The van der Waals surface area contributed by atoms with Crippen LogP contribution in [0.5, 0.6) is 0 Å². The number of carbonyl (C=O) groups is 2. The maximum Gasteiger partial charge on any atom is 0.238 e. The number of aryl methyl sites for hydroxylation is 1. The SMILES string of the molecule is CCc1cccc(NC(=O)CN(C)CC(=O)Nc2cccc(F)c2)c1. The van der Waals surface area contributed by atoms with Gasteiger partial charge >= 0.3 is 0 Å². The molecular formula is C19H22FN3O2. The average Bonchev–Trinajstić information content (AvgIpc) is 2.54. The van der Waals surface area contributed by atoms with Gasteiger partial charge in [-0.2, -0.15) is 0 Å². The Morgan fingerprint density at radius 3 is 2.08 bits per heavy atom. The molecule has 0 atom stereocenters. The first-order valence-corrected chi connectivity index (χ1v) is 8.09. The summed E-state index contributed by atoms with van der Waals surface area (Å²) in [6.07, 6.45) is 0.893. The molecule has 2 amide bonds. The van der Waals surface area contributed by atoms with E-state index in [-0.39, 0.29) is 24.9 Å². The van der Waals surface area contributed by atoms with Crippen LogP contribution in [0.15, 0.2) is 48.5 Å². The molecular weight excluding hydrogens is 321 g/mol. The summed E-state index contributed by atoms with van der Waals surface area (Å²) < 4.78 is 13.1. The highest BCUT2D eigenvalue weighted by Crippen LogP contribution is 2.11. The van der Waals surface area contributed by atoms with Gasteiger partial charge in [0.1, 0.15) is 5.82 Å². The van der Waals surface area contributed by atoms with Gasteiger partial charge in [-0.15, -0.1) is 0 Å². The minimum absolute atomic E-state index is 0.0267. The highest BCUT2D eigenvalue weighted by Gasteiger charge is 2.11. The van der Waals surface area contributed by atoms with Crippen LogP contribution in [0, 0.1) is 5.82 Å². The Balaban J connectivity index is 1.81. The third-order valence-corrected chi connectivity index (χ3v) is 3.55. The largest absolute Gasteiger partial charge is 0.325 e. The molecule has 0 aliphatic heterocycles. The molecule has 25 heavy (non-hydrogen) atoms. The van der Waals surface area contributed by atoms with Crippen molar-refractivity contribution in [2.45, 2.75) is 13.3 Å². The van der Waals surface area contributed by atoms with Crippen molar-refractivity contribution in [2.24, 2.45) is 0 Å². The summed E-state index contributed by atoms with van der Waals surface area (Å²) >= 11 is 0. The molecule has 0 saturated heterocycles. The molecule has 2 aromatic rings. The molecule has 0 radical (unpaired) electrons. The number of nitrogens with zero attached hydrogens (tertiary/aromatic N) is 1. The van der Waals surface area contributed by atoms with E-state index in [0.29, 0.717) is 5.69 Å². The number of amides is 2. The smallest absolute Gasteiger partial charge is 0.238 e. The Morgan fingerprint density at radius 2 is 1.52 bits per heavy atom. The highest BCUT2D eigenvalue weighted by atomic mass is 19.1. The van der Waals surface area contributed by atoms with Gasteiger partial charge in [0.25, 0.3) is 0 Å². The summed E-state index contributed by atoms with van der Waals surface area (Å²) in [6.45, 7) is 2.15. The van der Waals surface area contributed by atoms with Crippen LogP contribution in [0.2, 0.25) is 0 Å². The fourth-order valence-corrected chi connectivity index (χ4v) is 2.38. The first-order chi connectivity index (χ1) is 12.0. The number of anilines is 2. The van der Waals surface area contributed by atoms with Gasteiger partial charge in [-0.3, -0.25) is 14.5 Å². The monoisotopic (exact) mass is 343 g/mol. The normalized spacial score (nSPS) is 10.6. The molecule has 132 valence electrons. The molecule has 0 fully saturated rings. The Morgan fingerprint density at radius 1 is 0.960 bits per heavy atom. The van der Waals surface area contributed by atoms with E-state index < -0.39 is 5.82 Å². The fourth-order valence-electron chi connectivity index (χ4n) is 2.38. The van der Waals surface area contributed by atoms with Crippen molar-refractivity contribution in [2.75, 3.05) is 30.8 Å². The van der Waals surface area contributed by atoms with E-state index in [9.17, 15) is 14.0 Å². The maximum atomic E-state index is 13.1. The molecule has 0 bridgehead atoms. The molecule has 0 heterocycles. The first-order valence-electron chi connectivity index (χ1n) is 8.09. The zero-order valence-corrected chi connectivity index (χ0v) is 14.4. The number of rotatable bonds is 7. The van der Waals surface area contributed by atoms with E-state index in [1.54, 1.807) is 18.0 Å². The van der Waals surface area contributed by atoms with Gasteiger partial charge in [0, 0.05) is 11.4 Å². The molecule has 2 rings (SSSR count). The molecule has 0 aromatic heterocycles. The van der Waals surface area contributed by atoms with Crippen molar-refractivity contribution in [3.05, 3.63) is 59.9 Å². The van der Waals surface area contributed by atoms with Crippen molar-refractivity contribution in [1.29, 1.82) is 0 Å². The van der Waals surface area contributed by atoms with Crippen molar-refractivity contribution in [1.82, 2.24) is 4.90 Å². The number of nitrogens with one attached hydrogen (secondary N) is 2. The standard InChI is InChI=1S/C19H22FN3O2/c1-3-14-6-4-8-16(10-14)21-18(24)12-23(2)13-19(25)22-17-9-5-7-15(20)11-17/h4-11H,3,12-13H2,1-2H3,(H,21,24)(H,22,25). The van der Waals surface area contributed by atoms with Gasteiger partial charge in [-0.25, -0.2) is 4.39 Å². The lowest BCUT2D eigenvalue weighted by Gasteiger charge is -2.16. The van der Waals surface area contributed by atoms with Crippen molar-refractivity contribution < 1.29 is 14.0 Å². The number of halogens is 1. The lowest BCUT2D eigenvalue weighted by Crippen LogP contribution is -2.36. The van der Waals surface area contributed by atoms with Gasteiger partial charge in [0.15, 0.2) is 0 Å². The Labute approximate surface area is 146 Å². The third-order valence-electron chi connectivity index (χ3n) is 3.55. The Bertz CT molecular complexity index is 749. The average molecular weight is 343 g/mol. The number of hydrogen-bond acceptors (Lipinski definition) is 3. The Hall–Kier alpha value is -2.73. The molecule has 2 N–H and O–H groups in total. The zero-order chi connectivity index (χ0) is 18.2. The van der Waals surface area contributed by atoms with Crippen LogP contribution < -0.4 is 10.6 Å². The van der Waals surface area contributed by atoms with Crippen LogP contribution in [0.25, 0.3) is 0 Å². The molecule has 0 aliphatic carbocycles. The van der Waals surface area contributed by atoms with Crippen molar-refractivity contribution >= 4 is 23.2 Å². The predicted octanol–water partition coefficient (Wildman–Crippen LogP) is 2.90. The predicted molar refractivity (Wildman–Crippen MR) is 97.0 cm³/mol. The minimum atomic E-state index is -0.417. The molecule has 0 aliphatic rings. The molecule has 2 aromatic carbocycles. The van der Waals surface area contributed by atoms with Crippen LogP contribution in [0.4, 0.5) is 15.8 Å². The number of carbonyl (C=O) groups excluding carboxylic acids is 2. The van der Waals surface area contributed by atoms with Crippen LogP contribution in [0.1, 0.15) is 12.5 Å². The van der Waals surface area contributed by atoms with Gasteiger partial charge in [-0.1, -0.05) is 25.1 Å². The van der Waals surface area contributed by atoms with Gasteiger partial charge in [0.2, 0.25) is 11.8 Å². The quantitative estimate of drug-likeness (QED) is 0.813. The molecule has 0 spiro atoms. The topological polar surface area (TPSA) is 61.4 Å². The van der Waals surface area contributed by atoms with Gasteiger partial charge in [0.05, 0.1) is 13.1 Å². The van der Waals surface area contributed by atoms with Gasteiger partial charge < -0.3 is 10.6 Å². The minimum Gasteiger partial charge on any atom is -0.325 e. The summed E-state index contributed by atoms with van der Waals surface area (Å²) in [5.41, 5.74) is 2.27. The second kappa shape index (κ2) is 8.94. The van der Waals surface area contributed by atoms with Crippen LogP contribution in [-0.4, -0.2) is 36.9 Å². The summed E-state index contributed by atoms with van der Waals surface area (Å²) in [6, 6.07) is 13.3. The summed E-state index contributed by atoms with van der Waals surface area (Å²) in [5.74, 6) is -0.928. The first kappa shape index (κ1) is 18.6. The molecule has 5 nitrogen and oxygen atoms in total. The molecule has 0 unspecified atom stereocenters. The third kappa shape index (κ3) is 6.35. The second-order valence-electron chi connectivity index (χ2n) is 5.83. The van der Waals surface area contributed by atoms with Crippen LogP contribution >= 0.6 is 0 Å². The van der Waals surface area contributed by atoms with E-state index in [1.165, 1.54) is 18.2 Å². The molecule has 6 heteroatoms. The van der Waals surface area contributed by atoms with E-state index in [2.05, 4.69) is 10.6 Å². The fraction of sp³-hybridized carbons (Fsp3) is 0.263. The van der Waals surface area contributed by atoms with Gasteiger partial charge in [-0.05, 0) is 49.4 Å². The summed E-state index contributed by atoms with van der Waals surface area (Å²) in [7, 11) is 1.67. The van der Waals surface area contributed by atoms with Crippen LogP contribution in [-0.2, 0) is 16.0 Å².